The number of nitrogens with zero attached hydrogens (tertiary/aromatic N) is 2. The first-order valence-corrected chi connectivity index (χ1v) is 9.37. The molecule has 1 amide bonds. The average molecular weight is 410 g/mol. The summed E-state index contributed by atoms with van der Waals surface area (Å²) in [7, 11) is -4.07. The molecular formula is C15H12BrN3O4S. The van der Waals surface area contributed by atoms with Crippen molar-refractivity contribution < 1.29 is 17.7 Å². The molecule has 9 heteroatoms. The SMILES string of the molecule is N#Cc1cc(Br)cc(S(=O)(=O)NC(=O)Cc2cc(C3CC3)no2)c1. The molecule has 0 bridgehead atoms. The molecular weight excluding hydrogens is 398 g/mol. The molecule has 0 aliphatic heterocycles. The van der Waals surface area contributed by atoms with Crippen molar-refractivity contribution in [1.82, 2.24) is 9.88 Å². The Morgan fingerprint density at radius 1 is 1.38 bits per heavy atom. The van der Waals surface area contributed by atoms with Crippen molar-refractivity contribution in [3.8, 4) is 6.07 Å². The predicted octanol–water partition coefficient (Wildman–Crippen LogP) is 2.23. The predicted molar refractivity (Wildman–Crippen MR) is 86.4 cm³/mol. The molecule has 1 aromatic carbocycles. The maximum Gasteiger partial charge on any atom is 0.264 e. The van der Waals surface area contributed by atoms with E-state index in [-0.39, 0.29) is 16.9 Å². The van der Waals surface area contributed by atoms with E-state index in [1.165, 1.54) is 18.2 Å². The maximum atomic E-state index is 12.3. The Morgan fingerprint density at radius 3 is 2.79 bits per heavy atom. The number of hydrogen-bond acceptors (Lipinski definition) is 6. The second-order valence-corrected chi connectivity index (χ2v) is 8.08. The van der Waals surface area contributed by atoms with Crippen LogP contribution in [0.2, 0.25) is 0 Å². The molecule has 1 N–H and O–H groups in total. The van der Waals surface area contributed by atoms with Gasteiger partial charge in [0.25, 0.3) is 10.0 Å². The fourth-order valence-electron chi connectivity index (χ4n) is 2.17. The first kappa shape index (κ1) is 16.7. The van der Waals surface area contributed by atoms with E-state index < -0.39 is 15.9 Å². The zero-order valence-electron chi connectivity index (χ0n) is 12.3. The molecule has 1 aliphatic carbocycles. The van der Waals surface area contributed by atoms with Gasteiger partial charge in [-0.25, -0.2) is 13.1 Å². The summed E-state index contributed by atoms with van der Waals surface area (Å²) in [6.07, 6.45) is 1.88. The Morgan fingerprint density at radius 2 is 2.12 bits per heavy atom. The third-order valence-electron chi connectivity index (χ3n) is 3.47. The van der Waals surface area contributed by atoms with Gasteiger partial charge < -0.3 is 4.52 Å². The van der Waals surface area contributed by atoms with Crippen LogP contribution in [0.1, 0.15) is 35.8 Å². The summed E-state index contributed by atoms with van der Waals surface area (Å²) in [5.74, 6) is -0.0242. The van der Waals surface area contributed by atoms with Gasteiger partial charge in [-0.1, -0.05) is 21.1 Å². The van der Waals surface area contributed by atoms with Crippen LogP contribution in [0.25, 0.3) is 0 Å². The molecule has 7 nitrogen and oxygen atoms in total. The van der Waals surface area contributed by atoms with E-state index in [0.717, 1.165) is 18.5 Å². The molecule has 1 saturated carbocycles. The van der Waals surface area contributed by atoms with E-state index in [9.17, 15) is 13.2 Å². The van der Waals surface area contributed by atoms with Crippen LogP contribution in [0, 0.1) is 11.3 Å². The number of nitriles is 1. The summed E-state index contributed by atoms with van der Waals surface area (Å²) in [6, 6.07) is 7.53. The lowest BCUT2D eigenvalue weighted by atomic mass is 10.2. The Hall–Kier alpha value is -2.18. The molecule has 24 heavy (non-hydrogen) atoms. The third-order valence-corrected chi connectivity index (χ3v) is 5.28. The lowest BCUT2D eigenvalue weighted by molar-refractivity contribution is -0.119. The van der Waals surface area contributed by atoms with Crippen LogP contribution in [-0.2, 0) is 21.2 Å². The molecule has 0 saturated heterocycles. The molecule has 124 valence electrons. The number of benzene rings is 1. The van der Waals surface area contributed by atoms with Crippen LogP contribution < -0.4 is 4.72 Å². The quantitative estimate of drug-likeness (QED) is 0.809. The van der Waals surface area contributed by atoms with E-state index in [2.05, 4.69) is 21.1 Å². The van der Waals surface area contributed by atoms with Gasteiger partial charge in [0.1, 0.15) is 5.76 Å². The van der Waals surface area contributed by atoms with Crippen LogP contribution in [-0.4, -0.2) is 19.5 Å². The lowest BCUT2D eigenvalue weighted by Crippen LogP contribution is -2.31. The summed E-state index contributed by atoms with van der Waals surface area (Å²) >= 11 is 3.14. The van der Waals surface area contributed by atoms with E-state index in [4.69, 9.17) is 9.78 Å². The van der Waals surface area contributed by atoms with E-state index in [1.807, 2.05) is 10.8 Å². The number of aromatic nitrogens is 1. The highest BCUT2D eigenvalue weighted by atomic mass is 79.9. The second-order valence-electron chi connectivity index (χ2n) is 5.49. The second kappa shape index (κ2) is 6.37. The Bertz CT molecular complexity index is 942. The molecule has 1 heterocycles. The van der Waals surface area contributed by atoms with Gasteiger partial charge >= 0.3 is 0 Å². The van der Waals surface area contributed by atoms with Gasteiger partial charge in [0.05, 0.1) is 28.6 Å². The summed E-state index contributed by atoms with van der Waals surface area (Å²) in [5, 5.41) is 12.8. The van der Waals surface area contributed by atoms with Crippen molar-refractivity contribution in [1.29, 1.82) is 5.26 Å². The molecule has 0 radical (unpaired) electrons. The van der Waals surface area contributed by atoms with Gasteiger partial charge in [0, 0.05) is 16.5 Å². The molecule has 0 atom stereocenters. The highest BCUT2D eigenvalue weighted by Gasteiger charge is 2.27. The average Bonchev–Trinajstić information content (AvgIpc) is 3.26. The molecule has 0 spiro atoms. The van der Waals surface area contributed by atoms with Crippen molar-refractivity contribution >= 4 is 31.9 Å². The van der Waals surface area contributed by atoms with Gasteiger partial charge in [-0.3, -0.25) is 4.79 Å². The van der Waals surface area contributed by atoms with Crippen LogP contribution in [0.3, 0.4) is 0 Å². The zero-order valence-corrected chi connectivity index (χ0v) is 14.7. The number of hydrogen-bond donors (Lipinski definition) is 1. The van der Waals surface area contributed by atoms with Crippen molar-refractivity contribution in [3.05, 3.63) is 45.8 Å². The first-order valence-electron chi connectivity index (χ1n) is 7.09. The number of carbonyl (C=O) groups excluding carboxylic acids is 1. The van der Waals surface area contributed by atoms with Crippen molar-refractivity contribution in [2.24, 2.45) is 0 Å². The number of sulfonamides is 1. The Kier molecular flexibility index (Phi) is 4.43. The number of carbonyl (C=O) groups is 1. The minimum Gasteiger partial charge on any atom is -0.361 e. The highest BCUT2D eigenvalue weighted by molar-refractivity contribution is 9.10. The number of amides is 1. The van der Waals surface area contributed by atoms with E-state index in [0.29, 0.717) is 16.2 Å². The van der Waals surface area contributed by atoms with E-state index in [1.54, 1.807) is 6.07 Å². The number of nitrogens with one attached hydrogen (secondary N) is 1. The summed E-state index contributed by atoms with van der Waals surface area (Å²) in [5.41, 5.74) is 0.966. The first-order chi connectivity index (χ1) is 11.4. The largest absolute Gasteiger partial charge is 0.361 e. The molecule has 1 aromatic heterocycles. The topological polar surface area (TPSA) is 113 Å². The summed E-state index contributed by atoms with van der Waals surface area (Å²) in [4.78, 5) is 11.8. The standard InChI is InChI=1S/C15H12BrN3O4S/c16-11-3-9(8-17)4-13(5-11)24(21,22)19-15(20)7-12-6-14(18-23-12)10-1-2-10/h3-6,10H,1-2,7H2,(H,19,20). The number of halogens is 1. The van der Waals surface area contributed by atoms with Crippen LogP contribution >= 0.6 is 15.9 Å². The van der Waals surface area contributed by atoms with Gasteiger partial charge in [-0.05, 0) is 31.0 Å². The van der Waals surface area contributed by atoms with Crippen molar-refractivity contribution in [2.75, 3.05) is 0 Å². The summed E-state index contributed by atoms with van der Waals surface area (Å²) < 4.78 is 32.0. The summed E-state index contributed by atoms with van der Waals surface area (Å²) in [6.45, 7) is 0. The molecule has 2 aromatic rings. The zero-order chi connectivity index (χ0) is 17.3. The molecule has 3 rings (SSSR count). The van der Waals surface area contributed by atoms with Crippen LogP contribution in [0.15, 0.2) is 38.2 Å². The Labute approximate surface area is 146 Å². The minimum atomic E-state index is -4.07. The maximum absolute atomic E-state index is 12.3. The fraction of sp³-hybridized carbons (Fsp3) is 0.267. The number of rotatable bonds is 5. The molecule has 1 fully saturated rings. The Balaban J connectivity index is 1.72. The van der Waals surface area contributed by atoms with Crippen LogP contribution in [0.4, 0.5) is 0 Å². The van der Waals surface area contributed by atoms with Gasteiger partial charge in [0.15, 0.2) is 0 Å². The van der Waals surface area contributed by atoms with Crippen LogP contribution in [0.5, 0.6) is 0 Å². The van der Waals surface area contributed by atoms with Crippen molar-refractivity contribution in [3.63, 3.8) is 0 Å². The monoisotopic (exact) mass is 409 g/mol. The normalized spacial score (nSPS) is 14.2. The third kappa shape index (κ3) is 3.83. The fourth-order valence-corrected chi connectivity index (χ4v) is 3.87. The smallest absolute Gasteiger partial charge is 0.264 e. The van der Waals surface area contributed by atoms with Gasteiger partial charge in [0.2, 0.25) is 5.91 Å². The van der Waals surface area contributed by atoms with E-state index >= 15 is 0 Å². The lowest BCUT2D eigenvalue weighted by Gasteiger charge is -2.07. The highest BCUT2D eigenvalue weighted by Crippen LogP contribution is 2.39. The molecule has 0 unspecified atom stereocenters. The van der Waals surface area contributed by atoms with Crippen molar-refractivity contribution in [2.45, 2.75) is 30.1 Å². The van der Waals surface area contributed by atoms with Gasteiger partial charge in [-0.15, -0.1) is 0 Å². The van der Waals surface area contributed by atoms with Gasteiger partial charge in [-0.2, -0.15) is 5.26 Å². The molecule has 1 aliphatic rings. The minimum absolute atomic E-state index is 0.168.